The fourth-order valence-corrected chi connectivity index (χ4v) is 4.45. The summed E-state index contributed by atoms with van der Waals surface area (Å²) < 4.78 is 2.40. The molecular weight excluding hydrogens is 346 g/mol. The predicted octanol–water partition coefficient (Wildman–Crippen LogP) is 4.45. The van der Waals surface area contributed by atoms with Gasteiger partial charge in [0.1, 0.15) is 21.1 Å². The Morgan fingerprint density at radius 2 is 2.12 bits per heavy atom. The van der Waals surface area contributed by atoms with E-state index in [1.54, 1.807) is 24.1 Å². The van der Waals surface area contributed by atoms with Crippen LogP contribution in [0.5, 0.6) is 0 Å². The summed E-state index contributed by atoms with van der Waals surface area (Å²) in [5, 5.41) is 13.1. The lowest BCUT2D eigenvalue weighted by atomic mass is 10.0. The molecule has 7 heteroatoms. The Bertz CT molecular complexity index is 1030. The van der Waals surface area contributed by atoms with Crippen LogP contribution < -0.4 is 10.9 Å². The van der Waals surface area contributed by atoms with Crippen LogP contribution in [0.15, 0.2) is 17.3 Å². The van der Waals surface area contributed by atoms with Crippen LogP contribution in [0.3, 0.4) is 0 Å². The molecule has 0 bridgehead atoms. The van der Waals surface area contributed by atoms with Crippen molar-refractivity contribution in [3.05, 3.63) is 28.4 Å². The number of pyridine rings is 1. The molecule has 0 radical (unpaired) electrons. The fourth-order valence-electron chi connectivity index (χ4n) is 3.41. The lowest BCUT2D eigenvalue weighted by Gasteiger charge is -2.18. The van der Waals surface area contributed by atoms with Gasteiger partial charge < -0.3 is 5.32 Å². The molecule has 1 atom stereocenters. The molecule has 26 heavy (non-hydrogen) atoms. The minimum absolute atomic E-state index is 0.00638. The number of aromatic nitrogens is 3. The third-order valence-corrected chi connectivity index (χ3v) is 5.79. The molecule has 3 heterocycles. The van der Waals surface area contributed by atoms with E-state index in [2.05, 4.69) is 35.2 Å². The van der Waals surface area contributed by atoms with Crippen LogP contribution in [0.4, 0.5) is 5.69 Å². The molecule has 1 N–H and O–H groups in total. The van der Waals surface area contributed by atoms with E-state index in [0.29, 0.717) is 21.5 Å². The van der Waals surface area contributed by atoms with Crippen LogP contribution in [-0.4, -0.2) is 21.6 Å². The molecule has 1 unspecified atom stereocenters. The summed E-state index contributed by atoms with van der Waals surface area (Å²) in [7, 11) is 1.77. The largest absolute Gasteiger partial charge is 0.386 e. The van der Waals surface area contributed by atoms with Gasteiger partial charge >= 0.3 is 0 Å². The van der Waals surface area contributed by atoms with Crippen LogP contribution in [0.1, 0.15) is 57.6 Å². The Morgan fingerprint density at radius 1 is 1.31 bits per heavy atom. The molecule has 0 saturated carbocycles. The lowest BCUT2D eigenvalue weighted by molar-refractivity contribution is 0.405. The summed E-state index contributed by atoms with van der Waals surface area (Å²) in [5.74, 6) is 0. The van der Waals surface area contributed by atoms with E-state index in [-0.39, 0.29) is 11.6 Å². The number of nitriles is 1. The molecule has 0 aromatic carbocycles. The number of rotatable bonds is 7. The maximum Gasteiger partial charge on any atom is 0.271 e. The molecule has 3 aromatic rings. The van der Waals surface area contributed by atoms with Crippen LogP contribution in [0.25, 0.3) is 20.4 Å². The van der Waals surface area contributed by atoms with Gasteiger partial charge in [0.05, 0.1) is 23.0 Å². The first-order valence-corrected chi connectivity index (χ1v) is 9.88. The number of anilines is 1. The average molecular weight is 369 g/mol. The maximum atomic E-state index is 13.2. The van der Waals surface area contributed by atoms with Crippen molar-refractivity contribution < 1.29 is 0 Å². The van der Waals surface area contributed by atoms with Gasteiger partial charge in [0.25, 0.3) is 5.56 Å². The summed E-state index contributed by atoms with van der Waals surface area (Å²) in [6.07, 6.45) is 8.41. The molecule has 0 amide bonds. The summed E-state index contributed by atoms with van der Waals surface area (Å²) in [5.41, 5.74) is 1.76. The van der Waals surface area contributed by atoms with Gasteiger partial charge in [-0.2, -0.15) is 5.26 Å². The van der Waals surface area contributed by atoms with Crippen LogP contribution in [0, 0.1) is 11.3 Å². The van der Waals surface area contributed by atoms with Crippen molar-refractivity contribution in [1.29, 1.82) is 5.26 Å². The molecule has 0 fully saturated rings. The molecular formula is C19H23N5OS. The number of thiophene rings is 1. The smallest absolute Gasteiger partial charge is 0.271 e. The molecule has 0 aliphatic rings. The van der Waals surface area contributed by atoms with E-state index in [0.717, 1.165) is 42.3 Å². The van der Waals surface area contributed by atoms with Gasteiger partial charge in [-0.05, 0) is 12.8 Å². The minimum atomic E-state index is -0.00638. The third-order valence-electron chi connectivity index (χ3n) is 4.71. The zero-order chi connectivity index (χ0) is 18.7. The van der Waals surface area contributed by atoms with Gasteiger partial charge in [-0.15, -0.1) is 11.3 Å². The first kappa shape index (κ1) is 18.3. The number of nitrogens with one attached hydrogen (secondary N) is 1. The summed E-state index contributed by atoms with van der Waals surface area (Å²) >= 11 is 1.35. The van der Waals surface area contributed by atoms with Gasteiger partial charge in [-0.3, -0.25) is 9.36 Å². The first-order valence-electron chi connectivity index (χ1n) is 9.06. The Kier molecular flexibility index (Phi) is 5.52. The van der Waals surface area contributed by atoms with Crippen molar-refractivity contribution in [2.75, 3.05) is 12.4 Å². The molecule has 3 aromatic heterocycles. The number of fused-ring (bicyclic) bond motifs is 3. The average Bonchev–Trinajstić information content (AvgIpc) is 3.04. The standard InChI is InChI=1S/C19H23N5OS/c1-4-6-8-13(7-5-2)24-11-23-16-14-15(21-3)12(9-20)10-22-18(14)26-17(16)19(24)25/h10-11,13H,4-8H2,1-3H3,(H,21,22). The summed E-state index contributed by atoms with van der Waals surface area (Å²) in [4.78, 5) is 22.9. The highest BCUT2D eigenvalue weighted by Gasteiger charge is 2.20. The number of unbranched alkanes of at least 4 members (excludes halogenated alkanes) is 1. The lowest BCUT2D eigenvalue weighted by Crippen LogP contribution is -2.24. The second-order valence-corrected chi connectivity index (χ2v) is 7.41. The van der Waals surface area contributed by atoms with E-state index in [1.807, 2.05) is 0 Å². The Morgan fingerprint density at radius 3 is 2.77 bits per heavy atom. The summed E-state index contributed by atoms with van der Waals surface area (Å²) in [6, 6.07) is 2.33. The van der Waals surface area contributed by atoms with Crippen LogP contribution >= 0.6 is 11.3 Å². The topological polar surface area (TPSA) is 83.6 Å². The van der Waals surface area contributed by atoms with E-state index in [4.69, 9.17) is 0 Å². The van der Waals surface area contributed by atoms with E-state index < -0.39 is 0 Å². The number of hydrogen-bond acceptors (Lipinski definition) is 6. The Balaban J connectivity index is 2.23. The predicted molar refractivity (Wildman–Crippen MR) is 107 cm³/mol. The van der Waals surface area contributed by atoms with Gasteiger partial charge in [0.2, 0.25) is 0 Å². The van der Waals surface area contributed by atoms with Gasteiger partial charge in [0.15, 0.2) is 0 Å². The molecule has 3 rings (SSSR count). The van der Waals surface area contributed by atoms with Crippen molar-refractivity contribution in [3.63, 3.8) is 0 Å². The highest BCUT2D eigenvalue weighted by molar-refractivity contribution is 7.25. The normalized spacial score (nSPS) is 12.4. The van der Waals surface area contributed by atoms with Crippen molar-refractivity contribution in [1.82, 2.24) is 14.5 Å². The Hall–Kier alpha value is -2.46. The number of nitrogens with zero attached hydrogens (tertiary/aromatic N) is 4. The van der Waals surface area contributed by atoms with Gasteiger partial charge in [-0.25, -0.2) is 9.97 Å². The quantitative estimate of drug-likeness (QED) is 0.665. The zero-order valence-electron chi connectivity index (χ0n) is 15.4. The third kappa shape index (κ3) is 3.06. The van der Waals surface area contributed by atoms with Crippen molar-refractivity contribution in [2.24, 2.45) is 0 Å². The molecule has 6 nitrogen and oxygen atoms in total. The fraction of sp³-hybridized carbons (Fsp3) is 0.474. The van der Waals surface area contributed by atoms with Crippen molar-refractivity contribution in [3.8, 4) is 6.07 Å². The zero-order valence-corrected chi connectivity index (χ0v) is 16.2. The first-order chi connectivity index (χ1) is 12.7. The van der Waals surface area contributed by atoms with Gasteiger partial charge in [0, 0.05) is 19.3 Å². The summed E-state index contributed by atoms with van der Waals surface area (Å²) in [6.45, 7) is 4.30. The maximum absolute atomic E-state index is 13.2. The molecule has 0 aliphatic carbocycles. The van der Waals surface area contributed by atoms with Crippen LogP contribution in [-0.2, 0) is 0 Å². The molecule has 0 saturated heterocycles. The van der Waals surface area contributed by atoms with Crippen molar-refractivity contribution >= 4 is 37.5 Å². The second kappa shape index (κ2) is 7.83. The number of hydrogen-bond donors (Lipinski definition) is 1. The highest BCUT2D eigenvalue weighted by atomic mass is 32.1. The molecule has 136 valence electrons. The monoisotopic (exact) mass is 369 g/mol. The van der Waals surface area contributed by atoms with E-state index in [9.17, 15) is 10.1 Å². The molecule has 0 aliphatic heterocycles. The van der Waals surface area contributed by atoms with Crippen LogP contribution in [0.2, 0.25) is 0 Å². The Labute approximate surface area is 156 Å². The van der Waals surface area contributed by atoms with Gasteiger partial charge in [-0.1, -0.05) is 33.1 Å². The van der Waals surface area contributed by atoms with E-state index >= 15 is 0 Å². The molecule has 0 spiro atoms. The van der Waals surface area contributed by atoms with E-state index in [1.165, 1.54) is 11.3 Å². The highest BCUT2D eigenvalue weighted by Crippen LogP contribution is 2.36. The minimum Gasteiger partial charge on any atom is -0.386 e. The second-order valence-electron chi connectivity index (χ2n) is 6.41. The van der Waals surface area contributed by atoms with Crippen molar-refractivity contribution in [2.45, 2.75) is 52.0 Å². The SMILES string of the molecule is CCCCC(CCC)n1cnc2c(sc3ncc(C#N)c(NC)c32)c1=O.